The number of anilines is 2. The fourth-order valence-corrected chi connectivity index (χ4v) is 4.74. The summed E-state index contributed by atoms with van der Waals surface area (Å²) in [7, 11) is 0. The lowest BCUT2D eigenvalue weighted by Gasteiger charge is -2.35. The van der Waals surface area contributed by atoms with Crippen LogP contribution in [0.4, 0.5) is 11.4 Å². The van der Waals surface area contributed by atoms with Gasteiger partial charge in [0.15, 0.2) is 5.78 Å². The highest BCUT2D eigenvalue weighted by Gasteiger charge is 2.40. The summed E-state index contributed by atoms with van der Waals surface area (Å²) in [5.41, 5.74) is 5.96. The first kappa shape index (κ1) is 18.7. The number of nitrogens with one attached hydrogen (secondary N) is 2. The Labute approximate surface area is 177 Å². The molecule has 3 aliphatic rings. The molecule has 4 nitrogen and oxygen atoms in total. The van der Waals surface area contributed by atoms with Crippen LogP contribution >= 0.6 is 0 Å². The summed E-state index contributed by atoms with van der Waals surface area (Å²) in [6.07, 6.45) is 3.57. The molecule has 0 saturated heterocycles. The van der Waals surface area contributed by atoms with Crippen LogP contribution in [0.25, 0.3) is 0 Å². The molecule has 2 aliphatic heterocycles. The number of para-hydroxylation sites is 2. The van der Waals surface area contributed by atoms with Crippen molar-refractivity contribution in [2.24, 2.45) is 5.92 Å². The van der Waals surface area contributed by atoms with Crippen LogP contribution in [0.3, 0.4) is 0 Å². The normalized spacial score (nSPS) is 25.6. The highest BCUT2D eigenvalue weighted by Crippen LogP contribution is 2.46. The van der Waals surface area contributed by atoms with Crippen molar-refractivity contribution in [1.29, 1.82) is 0 Å². The topological polar surface area (TPSA) is 64.2 Å². The monoisotopic (exact) mass is 397 g/mol. The van der Waals surface area contributed by atoms with Gasteiger partial charge in [-0.1, -0.05) is 70.2 Å². The van der Waals surface area contributed by atoms with E-state index in [0.29, 0.717) is 0 Å². The van der Waals surface area contributed by atoms with Crippen molar-refractivity contribution in [1.82, 2.24) is 0 Å². The van der Waals surface area contributed by atoms with E-state index in [0.717, 1.165) is 22.8 Å². The third kappa shape index (κ3) is 2.49. The average molecular weight is 397 g/mol. The Balaban J connectivity index is 1.46. The molecule has 0 saturated carbocycles. The smallest absolute Gasteiger partial charge is 0.172 e. The van der Waals surface area contributed by atoms with E-state index in [1.807, 2.05) is 42.5 Å². The number of ketones is 1. The summed E-state index contributed by atoms with van der Waals surface area (Å²) < 4.78 is 0. The lowest BCUT2D eigenvalue weighted by atomic mass is 9.76. The van der Waals surface area contributed by atoms with Crippen LogP contribution in [0.5, 0.6) is 0 Å². The fourth-order valence-electron chi connectivity index (χ4n) is 4.74. The molecule has 2 aromatic rings. The molecule has 0 amide bonds. The first-order valence-corrected chi connectivity index (χ1v) is 10.3. The van der Waals surface area contributed by atoms with Crippen molar-refractivity contribution in [3.05, 3.63) is 94.5 Å². The molecule has 2 N–H and O–H groups in total. The fraction of sp³-hybridized carbons (Fsp3) is 0.269. The maximum Gasteiger partial charge on any atom is 0.172 e. The van der Waals surface area contributed by atoms with Crippen LogP contribution < -0.4 is 15.7 Å². The van der Waals surface area contributed by atoms with Crippen LogP contribution in [-0.2, 0) is 15.6 Å². The van der Waals surface area contributed by atoms with Crippen LogP contribution in [0.2, 0.25) is 0 Å². The molecule has 0 aromatic heterocycles. The summed E-state index contributed by atoms with van der Waals surface area (Å²) in [5, 5.41) is 19.7. The molecule has 5 rings (SSSR count). The van der Waals surface area contributed by atoms with Crippen LogP contribution in [0.15, 0.2) is 83.4 Å². The third-order valence-corrected chi connectivity index (χ3v) is 6.80. The van der Waals surface area contributed by atoms with Crippen molar-refractivity contribution in [2.75, 3.05) is 10.6 Å². The molecular weight excluding hydrogens is 372 g/mol. The summed E-state index contributed by atoms with van der Waals surface area (Å²) >= 11 is 0. The largest absolute Gasteiger partial charge is 0.874 e. The van der Waals surface area contributed by atoms with Crippen molar-refractivity contribution >= 4 is 17.2 Å². The van der Waals surface area contributed by atoms with Crippen molar-refractivity contribution < 1.29 is 9.90 Å². The molecule has 4 heteroatoms. The molecule has 1 unspecified atom stereocenters. The highest BCUT2D eigenvalue weighted by molar-refractivity contribution is 6.09. The highest BCUT2D eigenvalue weighted by atomic mass is 16.3. The maximum atomic E-state index is 12.9. The van der Waals surface area contributed by atoms with E-state index >= 15 is 0 Å². The average Bonchev–Trinajstić information content (AvgIpc) is 3.14. The number of fused-ring (bicyclic) bond motifs is 2. The minimum absolute atomic E-state index is 0.109. The Kier molecular flexibility index (Phi) is 3.82. The minimum Gasteiger partial charge on any atom is -0.874 e. The molecule has 2 aromatic carbocycles. The maximum absolute atomic E-state index is 12.9. The Morgan fingerprint density at radius 1 is 0.833 bits per heavy atom. The van der Waals surface area contributed by atoms with Crippen LogP contribution in [0.1, 0.15) is 38.8 Å². The number of hydrogen-bond acceptors (Lipinski definition) is 4. The molecule has 1 atom stereocenters. The number of Topliss-reactive ketones (excluding diaryl/α,β-unsaturated/α-hetero) is 1. The van der Waals surface area contributed by atoms with Gasteiger partial charge in [0.2, 0.25) is 0 Å². The van der Waals surface area contributed by atoms with E-state index in [1.165, 1.54) is 11.1 Å². The first-order chi connectivity index (χ1) is 14.2. The Morgan fingerprint density at radius 3 is 1.87 bits per heavy atom. The molecule has 152 valence electrons. The van der Waals surface area contributed by atoms with E-state index in [9.17, 15) is 9.90 Å². The number of rotatable bonds is 2. The van der Waals surface area contributed by atoms with Gasteiger partial charge in [-0.05, 0) is 29.3 Å². The molecular formula is C26H25N2O2-. The number of carbonyl (C=O) groups excluding carboxylic acids is 1. The lowest BCUT2D eigenvalue weighted by Crippen LogP contribution is -2.37. The number of hydrogen-bond donors (Lipinski definition) is 2. The standard InChI is InChI=1S/C26H26N2O2/c1-25(2)17-9-5-7-11-19(17)27-21(25)13-15-23(29)16(24(15)30)14-22-26(3,4)18-10-6-8-12-20(18)28-22/h5-15,27-29H,1-4H3/p-1/b21-13-,22-14-. The SMILES string of the molecule is CC1(C)/C(=C/C2=C([O-])C(/C=C3\Nc4ccccc4C3(C)C)C2=O)Nc2ccccc21. The third-order valence-electron chi connectivity index (χ3n) is 6.80. The minimum atomic E-state index is -0.708. The quantitative estimate of drug-likeness (QED) is 0.790. The zero-order valence-corrected chi connectivity index (χ0v) is 17.7. The predicted octanol–water partition coefficient (Wildman–Crippen LogP) is 4.37. The van der Waals surface area contributed by atoms with Crippen molar-refractivity contribution in [3.8, 4) is 0 Å². The van der Waals surface area contributed by atoms with Gasteiger partial charge in [0.25, 0.3) is 0 Å². The van der Waals surface area contributed by atoms with Gasteiger partial charge in [-0.25, -0.2) is 0 Å². The van der Waals surface area contributed by atoms with Gasteiger partial charge in [0.05, 0.1) is 5.92 Å². The zero-order valence-electron chi connectivity index (χ0n) is 17.7. The number of allylic oxidation sites excluding steroid dienone is 5. The second-order valence-electron chi connectivity index (χ2n) is 9.35. The van der Waals surface area contributed by atoms with E-state index < -0.39 is 5.92 Å². The van der Waals surface area contributed by atoms with Crippen LogP contribution in [0, 0.1) is 5.92 Å². The van der Waals surface area contributed by atoms with Gasteiger partial charge in [0.1, 0.15) is 0 Å². The van der Waals surface area contributed by atoms with Crippen molar-refractivity contribution in [2.45, 2.75) is 38.5 Å². The van der Waals surface area contributed by atoms with Gasteiger partial charge in [-0.15, -0.1) is 5.76 Å². The molecule has 2 heterocycles. The summed E-state index contributed by atoms with van der Waals surface area (Å²) in [4.78, 5) is 12.9. The second-order valence-corrected chi connectivity index (χ2v) is 9.35. The lowest BCUT2D eigenvalue weighted by molar-refractivity contribution is -0.315. The first-order valence-electron chi connectivity index (χ1n) is 10.3. The summed E-state index contributed by atoms with van der Waals surface area (Å²) in [6, 6.07) is 16.2. The van der Waals surface area contributed by atoms with E-state index in [2.05, 4.69) is 50.5 Å². The van der Waals surface area contributed by atoms with E-state index in [4.69, 9.17) is 0 Å². The van der Waals surface area contributed by atoms with Gasteiger partial charge < -0.3 is 15.7 Å². The van der Waals surface area contributed by atoms with Gasteiger partial charge in [0, 0.05) is 39.2 Å². The molecule has 0 fully saturated rings. The Morgan fingerprint density at radius 2 is 1.33 bits per heavy atom. The van der Waals surface area contributed by atoms with Crippen molar-refractivity contribution in [3.63, 3.8) is 0 Å². The Hall–Kier alpha value is -3.27. The van der Waals surface area contributed by atoms with Gasteiger partial charge >= 0.3 is 0 Å². The second kappa shape index (κ2) is 6.11. The van der Waals surface area contributed by atoms with E-state index in [1.54, 1.807) is 6.08 Å². The van der Waals surface area contributed by atoms with Crippen LogP contribution in [-0.4, -0.2) is 5.78 Å². The molecule has 0 radical (unpaired) electrons. The molecule has 0 bridgehead atoms. The van der Waals surface area contributed by atoms with E-state index in [-0.39, 0.29) is 27.9 Å². The molecule has 30 heavy (non-hydrogen) atoms. The van der Waals surface area contributed by atoms with Gasteiger partial charge in [-0.3, -0.25) is 4.79 Å². The predicted molar refractivity (Wildman–Crippen MR) is 118 cm³/mol. The van der Waals surface area contributed by atoms with Gasteiger partial charge in [-0.2, -0.15) is 0 Å². The number of carbonyl (C=O) groups is 1. The number of benzene rings is 2. The zero-order chi connectivity index (χ0) is 21.3. The molecule has 0 spiro atoms. The summed E-state index contributed by atoms with van der Waals surface area (Å²) in [6.45, 7) is 8.43. The summed E-state index contributed by atoms with van der Waals surface area (Å²) in [5.74, 6) is -0.927. The molecule has 1 aliphatic carbocycles. The Bertz CT molecular complexity index is 1180.